The van der Waals surface area contributed by atoms with Gasteiger partial charge in [-0.3, -0.25) is 4.79 Å². The zero-order chi connectivity index (χ0) is 22.5. The number of methoxy groups -OCH3 is 3. The van der Waals surface area contributed by atoms with Crippen LogP contribution >= 0.6 is 11.3 Å². The van der Waals surface area contributed by atoms with Crippen LogP contribution in [0.1, 0.15) is 15.2 Å². The lowest BCUT2D eigenvalue weighted by atomic mass is 10.2. The summed E-state index contributed by atoms with van der Waals surface area (Å²) in [6.45, 7) is 0.525. The van der Waals surface area contributed by atoms with Crippen LogP contribution in [0.15, 0.2) is 60.0 Å². The summed E-state index contributed by atoms with van der Waals surface area (Å²) in [5.74, 6) is 2.16. The molecular formula is C23H22N4O4S. The lowest BCUT2D eigenvalue weighted by Gasteiger charge is -2.10. The maximum atomic E-state index is 13.3. The van der Waals surface area contributed by atoms with Crippen LogP contribution < -0.4 is 19.5 Å². The van der Waals surface area contributed by atoms with E-state index in [0.29, 0.717) is 35.4 Å². The first-order chi connectivity index (χ1) is 15.6. The largest absolute Gasteiger partial charge is 0.497 e. The van der Waals surface area contributed by atoms with Crippen molar-refractivity contribution in [1.82, 2.24) is 14.8 Å². The second-order valence-corrected chi connectivity index (χ2v) is 7.74. The molecule has 0 aliphatic rings. The van der Waals surface area contributed by atoms with Gasteiger partial charge in [0.2, 0.25) is 5.95 Å². The number of thiophene rings is 1. The van der Waals surface area contributed by atoms with E-state index in [0.717, 1.165) is 16.2 Å². The van der Waals surface area contributed by atoms with Crippen molar-refractivity contribution >= 4 is 23.2 Å². The highest BCUT2D eigenvalue weighted by Crippen LogP contribution is 2.29. The summed E-state index contributed by atoms with van der Waals surface area (Å²) in [6.07, 6.45) is 0. The Bertz CT molecular complexity index is 1200. The van der Waals surface area contributed by atoms with Gasteiger partial charge in [-0.25, -0.2) is 0 Å². The zero-order valence-corrected chi connectivity index (χ0v) is 18.7. The van der Waals surface area contributed by atoms with Crippen molar-refractivity contribution in [3.63, 3.8) is 0 Å². The van der Waals surface area contributed by atoms with Gasteiger partial charge in [0.25, 0.3) is 5.91 Å². The second kappa shape index (κ2) is 9.52. The normalized spacial score (nSPS) is 10.6. The van der Waals surface area contributed by atoms with E-state index in [9.17, 15) is 4.79 Å². The van der Waals surface area contributed by atoms with E-state index in [1.807, 2.05) is 41.8 Å². The minimum atomic E-state index is -0.341. The fourth-order valence-corrected chi connectivity index (χ4v) is 3.75. The molecule has 0 fully saturated rings. The van der Waals surface area contributed by atoms with E-state index in [4.69, 9.17) is 14.2 Å². The minimum Gasteiger partial charge on any atom is -0.497 e. The Morgan fingerprint density at radius 2 is 1.78 bits per heavy atom. The Labute approximate surface area is 189 Å². The van der Waals surface area contributed by atoms with Crippen LogP contribution in [0.25, 0.3) is 11.4 Å². The molecular weight excluding hydrogens is 428 g/mol. The van der Waals surface area contributed by atoms with Crippen molar-refractivity contribution in [2.24, 2.45) is 0 Å². The van der Waals surface area contributed by atoms with Crippen LogP contribution in [0.2, 0.25) is 0 Å². The van der Waals surface area contributed by atoms with Crippen molar-refractivity contribution in [3.05, 3.63) is 70.4 Å². The van der Waals surface area contributed by atoms with Crippen molar-refractivity contribution in [2.75, 3.05) is 26.6 Å². The van der Waals surface area contributed by atoms with Gasteiger partial charge < -0.3 is 19.5 Å². The average molecular weight is 451 g/mol. The first kappa shape index (κ1) is 21.4. The highest BCUT2D eigenvalue weighted by molar-refractivity contribution is 7.09. The molecule has 0 amide bonds. The summed E-state index contributed by atoms with van der Waals surface area (Å²) in [5.41, 5.74) is 1.16. The van der Waals surface area contributed by atoms with Crippen molar-refractivity contribution < 1.29 is 19.0 Å². The van der Waals surface area contributed by atoms with E-state index in [1.54, 1.807) is 43.8 Å². The fraction of sp³-hybridized carbons (Fsp3) is 0.174. The molecule has 32 heavy (non-hydrogen) atoms. The quantitative estimate of drug-likeness (QED) is 0.427. The third kappa shape index (κ3) is 4.42. The molecule has 0 aliphatic heterocycles. The summed E-state index contributed by atoms with van der Waals surface area (Å²) < 4.78 is 17.1. The predicted molar refractivity (Wildman–Crippen MR) is 123 cm³/mol. The molecule has 0 aliphatic carbocycles. The lowest BCUT2D eigenvalue weighted by molar-refractivity contribution is 0.0947. The smallest absolute Gasteiger partial charge is 0.281 e. The van der Waals surface area contributed by atoms with Crippen molar-refractivity contribution in [2.45, 2.75) is 6.54 Å². The van der Waals surface area contributed by atoms with E-state index in [-0.39, 0.29) is 5.91 Å². The lowest BCUT2D eigenvalue weighted by Crippen LogP contribution is -2.17. The third-order valence-corrected chi connectivity index (χ3v) is 5.66. The number of carbonyl (C=O) groups is 1. The highest BCUT2D eigenvalue weighted by Gasteiger charge is 2.20. The molecule has 0 atom stereocenters. The maximum Gasteiger partial charge on any atom is 0.281 e. The van der Waals surface area contributed by atoms with Gasteiger partial charge in [0.05, 0.1) is 27.9 Å². The van der Waals surface area contributed by atoms with Gasteiger partial charge in [0, 0.05) is 16.0 Å². The molecule has 1 N–H and O–H groups in total. The van der Waals surface area contributed by atoms with Crippen molar-refractivity contribution in [1.29, 1.82) is 0 Å². The molecule has 0 spiro atoms. The first-order valence-corrected chi connectivity index (χ1v) is 10.7. The maximum absolute atomic E-state index is 13.3. The molecule has 4 rings (SSSR count). The van der Waals surface area contributed by atoms with Gasteiger partial charge in [-0.2, -0.15) is 9.67 Å². The van der Waals surface area contributed by atoms with Crippen LogP contribution in [0.5, 0.6) is 17.2 Å². The van der Waals surface area contributed by atoms with Gasteiger partial charge in [-0.15, -0.1) is 16.4 Å². The number of nitrogens with zero attached hydrogens (tertiary/aromatic N) is 3. The predicted octanol–water partition coefficient (Wildman–Crippen LogP) is 4.33. The van der Waals surface area contributed by atoms with Crippen LogP contribution in [0, 0.1) is 0 Å². The van der Waals surface area contributed by atoms with Crippen molar-refractivity contribution in [3.8, 4) is 28.6 Å². The van der Waals surface area contributed by atoms with Gasteiger partial charge in [0.1, 0.15) is 5.75 Å². The monoisotopic (exact) mass is 450 g/mol. The van der Waals surface area contributed by atoms with E-state index >= 15 is 0 Å². The van der Waals surface area contributed by atoms with E-state index < -0.39 is 0 Å². The summed E-state index contributed by atoms with van der Waals surface area (Å²) in [6, 6.07) is 16.3. The number of anilines is 1. The second-order valence-electron chi connectivity index (χ2n) is 6.71. The number of nitrogens with one attached hydrogen (secondary N) is 1. The number of hydrogen-bond donors (Lipinski definition) is 1. The SMILES string of the molecule is COc1ccc(-c2nc(NCc3cccs3)n(C(=O)c3ccc(OC)c(OC)c3)n2)cc1. The summed E-state index contributed by atoms with van der Waals surface area (Å²) in [5, 5.41) is 9.72. The number of aromatic nitrogens is 3. The number of hydrogen-bond acceptors (Lipinski definition) is 8. The Kier molecular flexibility index (Phi) is 6.37. The van der Waals surface area contributed by atoms with Crippen LogP contribution in [0.4, 0.5) is 5.95 Å². The third-order valence-electron chi connectivity index (χ3n) is 4.78. The Morgan fingerprint density at radius 3 is 2.44 bits per heavy atom. The topological polar surface area (TPSA) is 87.5 Å². The molecule has 2 aromatic carbocycles. The van der Waals surface area contributed by atoms with Gasteiger partial charge >= 0.3 is 0 Å². The molecule has 2 aromatic heterocycles. The molecule has 164 valence electrons. The highest BCUT2D eigenvalue weighted by atomic mass is 32.1. The van der Waals surface area contributed by atoms with E-state index in [2.05, 4.69) is 15.4 Å². The molecule has 0 saturated carbocycles. The Hall–Kier alpha value is -3.85. The molecule has 8 nitrogen and oxygen atoms in total. The Balaban J connectivity index is 1.70. The van der Waals surface area contributed by atoms with Crippen LogP contribution in [-0.2, 0) is 6.54 Å². The molecule has 0 saturated heterocycles. The molecule has 0 bridgehead atoms. The van der Waals surface area contributed by atoms with Gasteiger partial charge in [-0.05, 0) is 53.9 Å². The van der Waals surface area contributed by atoms with Gasteiger partial charge in [0.15, 0.2) is 17.3 Å². The number of ether oxygens (including phenoxy) is 3. The van der Waals surface area contributed by atoms with Gasteiger partial charge in [-0.1, -0.05) is 6.07 Å². The minimum absolute atomic E-state index is 0.341. The van der Waals surface area contributed by atoms with E-state index in [1.165, 1.54) is 11.8 Å². The molecule has 0 unspecified atom stereocenters. The average Bonchev–Trinajstić information content (AvgIpc) is 3.52. The summed E-state index contributed by atoms with van der Waals surface area (Å²) in [7, 11) is 4.68. The Morgan fingerprint density at radius 1 is 1.00 bits per heavy atom. The number of benzene rings is 2. The standard InChI is InChI=1S/C23H22N4O4S/c1-29-17-9-6-15(7-10-17)21-25-23(24-14-18-5-4-12-32-18)27(26-21)22(28)16-8-11-19(30-2)20(13-16)31-3/h4-13H,14H2,1-3H3,(H,24,25,26). The fourth-order valence-electron chi connectivity index (χ4n) is 3.10. The first-order valence-electron chi connectivity index (χ1n) is 9.77. The molecule has 4 aromatic rings. The number of rotatable bonds is 8. The molecule has 2 heterocycles. The summed E-state index contributed by atoms with van der Waals surface area (Å²) in [4.78, 5) is 19.0. The molecule has 0 radical (unpaired) electrons. The van der Waals surface area contributed by atoms with Crippen LogP contribution in [0.3, 0.4) is 0 Å². The number of carbonyl (C=O) groups excluding carboxylic acids is 1. The van der Waals surface area contributed by atoms with Crippen LogP contribution in [-0.4, -0.2) is 42.0 Å². The summed E-state index contributed by atoms with van der Waals surface area (Å²) >= 11 is 1.62. The zero-order valence-electron chi connectivity index (χ0n) is 17.9. The molecule has 9 heteroatoms.